The molecule has 15 nitrogen and oxygen atoms in total. The van der Waals surface area contributed by atoms with E-state index < -0.39 is 48.9 Å². The Morgan fingerprint density at radius 3 is 2.44 bits per heavy atom. The third-order valence-corrected chi connectivity index (χ3v) is 5.28. The molecule has 0 saturated carbocycles. The van der Waals surface area contributed by atoms with Crippen LogP contribution in [0.3, 0.4) is 0 Å². The summed E-state index contributed by atoms with van der Waals surface area (Å²) in [6.07, 6.45) is 0.673. The van der Waals surface area contributed by atoms with E-state index >= 15 is 0 Å². The highest BCUT2D eigenvalue weighted by Gasteiger charge is 2.23. The number of alkyl carbamates (subject to hydrolysis) is 1. The van der Waals surface area contributed by atoms with Crippen LogP contribution in [-0.4, -0.2) is 78.8 Å². The molecule has 1 aromatic carbocycles. The van der Waals surface area contributed by atoms with Gasteiger partial charge < -0.3 is 47.4 Å². The lowest BCUT2D eigenvalue weighted by Gasteiger charge is -2.18. The van der Waals surface area contributed by atoms with Crippen LogP contribution < -0.4 is 32.7 Å². The monoisotopic (exact) mass is 548 g/mol. The first-order valence-electron chi connectivity index (χ1n) is 12.2. The Hall–Kier alpha value is -4.69. The first kappa shape index (κ1) is 32.3. The number of amides is 3. The van der Waals surface area contributed by atoms with Crippen molar-refractivity contribution in [3.63, 3.8) is 0 Å². The topological polar surface area (TPSA) is 263 Å². The summed E-state index contributed by atoms with van der Waals surface area (Å²) in [7, 11) is 0. The minimum Gasteiger partial charge on any atom is -0.481 e. The summed E-state index contributed by atoms with van der Waals surface area (Å²) in [5.41, 5.74) is 12.1. The third kappa shape index (κ3) is 14.6. The van der Waals surface area contributed by atoms with Gasteiger partial charge in [-0.2, -0.15) is 0 Å². The predicted octanol–water partition coefficient (Wildman–Crippen LogP) is -1.07. The molecule has 3 amide bonds. The van der Waals surface area contributed by atoms with Crippen LogP contribution in [0.1, 0.15) is 43.2 Å². The molecule has 0 fully saturated rings. The van der Waals surface area contributed by atoms with Crippen molar-refractivity contribution < 1.29 is 33.8 Å². The number of aryl methyl sites for hydroxylation is 1. The van der Waals surface area contributed by atoms with Gasteiger partial charge in [0.25, 0.3) is 0 Å². The second-order valence-corrected chi connectivity index (χ2v) is 8.49. The highest BCUT2D eigenvalue weighted by atomic mass is 16.5. The number of carboxylic acid groups (broad SMARTS) is 1. The van der Waals surface area contributed by atoms with Crippen molar-refractivity contribution >= 4 is 42.0 Å². The highest BCUT2D eigenvalue weighted by Crippen LogP contribution is 2.07. The zero-order valence-electron chi connectivity index (χ0n) is 21.5. The SMILES string of the molecule is N=C(N)NCCC[C@@H](C=O)NC(=O)CNC(=O)[C@H](CCC(=O)O)NC(=O)OCCCc1cccc(C(=N)N)c1. The number of ether oxygens (including phenoxy) is 1. The third-order valence-electron chi connectivity index (χ3n) is 5.28. The van der Waals surface area contributed by atoms with Gasteiger partial charge in [-0.25, -0.2) is 4.79 Å². The molecule has 0 bridgehead atoms. The maximum Gasteiger partial charge on any atom is 0.407 e. The van der Waals surface area contributed by atoms with Crippen LogP contribution in [0.25, 0.3) is 0 Å². The van der Waals surface area contributed by atoms with E-state index in [2.05, 4.69) is 21.3 Å². The van der Waals surface area contributed by atoms with E-state index in [0.717, 1.165) is 5.56 Å². The largest absolute Gasteiger partial charge is 0.481 e. The van der Waals surface area contributed by atoms with Crippen molar-refractivity contribution in [3.05, 3.63) is 35.4 Å². The maximum atomic E-state index is 12.5. The van der Waals surface area contributed by atoms with Crippen molar-refractivity contribution in [1.29, 1.82) is 10.8 Å². The van der Waals surface area contributed by atoms with Crippen molar-refractivity contribution in [2.75, 3.05) is 19.7 Å². The summed E-state index contributed by atoms with van der Waals surface area (Å²) in [6.45, 7) is -0.151. The number of guanidine groups is 1. The number of nitrogen functional groups attached to an aromatic ring is 1. The molecule has 0 unspecified atom stereocenters. The van der Waals surface area contributed by atoms with E-state index in [1.165, 1.54) is 0 Å². The van der Waals surface area contributed by atoms with Gasteiger partial charge in [-0.3, -0.25) is 25.2 Å². The number of carboxylic acids is 1. The van der Waals surface area contributed by atoms with Gasteiger partial charge in [0.05, 0.1) is 19.2 Å². The summed E-state index contributed by atoms with van der Waals surface area (Å²) in [6, 6.07) is 4.99. The van der Waals surface area contributed by atoms with Gasteiger partial charge >= 0.3 is 12.1 Å². The zero-order chi connectivity index (χ0) is 29.2. The van der Waals surface area contributed by atoms with E-state index in [-0.39, 0.29) is 31.2 Å². The molecule has 11 N–H and O–H groups in total. The van der Waals surface area contributed by atoms with Gasteiger partial charge in [0.1, 0.15) is 18.2 Å². The summed E-state index contributed by atoms with van der Waals surface area (Å²) >= 11 is 0. The van der Waals surface area contributed by atoms with E-state index in [4.69, 9.17) is 32.1 Å². The molecule has 15 heteroatoms. The van der Waals surface area contributed by atoms with Crippen LogP contribution in [0.15, 0.2) is 24.3 Å². The average Bonchev–Trinajstić information content (AvgIpc) is 2.89. The number of carbonyl (C=O) groups is 5. The lowest BCUT2D eigenvalue weighted by atomic mass is 10.1. The standard InChI is InChI=1S/C24H36N8O7/c25-21(26)16-6-1-4-15(12-16)5-3-11-39-24(38)32-18(8-9-20(35)36)22(37)30-13-19(34)31-17(14-33)7-2-10-29-23(27)28/h1,4,6,12,14,17-18H,2-3,5,7-11,13H2,(H3,25,26)(H,30,37)(H,31,34)(H,32,38)(H,35,36)(H4,27,28,29)/t17-,18-/m0/s1. The Morgan fingerprint density at radius 2 is 1.79 bits per heavy atom. The molecular formula is C24H36N8O7. The Balaban J connectivity index is 2.51. The number of nitrogens with one attached hydrogen (secondary N) is 6. The molecule has 0 aliphatic heterocycles. The number of carbonyl (C=O) groups excluding carboxylic acids is 4. The summed E-state index contributed by atoms with van der Waals surface area (Å²) < 4.78 is 5.09. The van der Waals surface area contributed by atoms with Gasteiger partial charge in [-0.05, 0) is 43.7 Å². The van der Waals surface area contributed by atoms with E-state index in [9.17, 15) is 24.0 Å². The van der Waals surface area contributed by atoms with Crippen molar-refractivity contribution in [2.45, 2.75) is 50.6 Å². The molecule has 1 aromatic rings. The molecule has 2 atom stereocenters. The Bertz CT molecular complexity index is 1030. The number of hydrogen-bond donors (Lipinski definition) is 9. The van der Waals surface area contributed by atoms with Gasteiger partial charge in [-0.15, -0.1) is 0 Å². The number of aldehydes is 1. The van der Waals surface area contributed by atoms with Crippen LogP contribution in [0.5, 0.6) is 0 Å². The Morgan fingerprint density at radius 1 is 1.05 bits per heavy atom. The molecule has 0 aliphatic carbocycles. The minimum atomic E-state index is -1.27. The van der Waals surface area contributed by atoms with Gasteiger partial charge in [0, 0.05) is 18.5 Å². The predicted molar refractivity (Wildman–Crippen MR) is 141 cm³/mol. The first-order chi connectivity index (χ1) is 18.5. The van der Waals surface area contributed by atoms with E-state index in [1.807, 2.05) is 6.07 Å². The van der Waals surface area contributed by atoms with Gasteiger partial charge in [0.2, 0.25) is 11.8 Å². The number of benzene rings is 1. The van der Waals surface area contributed by atoms with Crippen LogP contribution in [-0.2, 0) is 30.3 Å². The fraction of sp³-hybridized carbons (Fsp3) is 0.458. The van der Waals surface area contributed by atoms with E-state index in [0.29, 0.717) is 37.7 Å². The number of amidine groups is 1. The van der Waals surface area contributed by atoms with Crippen molar-refractivity contribution in [1.82, 2.24) is 21.3 Å². The number of aliphatic carboxylic acids is 1. The van der Waals surface area contributed by atoms with Gasteiger partial charge in [0.15, 0.2) is 5.96 Å². The van der Waals surface area contributed by atoms with Crippen LogP contribution >= 0.6 is 0 Å². The minimum absolute atomic E-state index is 0.0147. The molecule has 0 spiro atoms. The maximum absolute atomic E-state index is 12.5. The average molecular weight is 549 g/mol. The Kier molecular flexibility index (Phi) is 14.7. The highest BCUT2D eigenvalue weighted by molar-refractivity contribution is 5.95. The molecule has 0 aromatic heterocycles. The fourth-order valence-corrected chi connectivity index (χ4v) is 3.32. The smallest absolute Gasteiger partial charge is 0.407 e. The summed E-state index contributed by atoms with van der Waals surface area (Å²) in [5.74, 6) is -2.90. The van der Waals surface area contributed by atoms with Gasteiger partial charge in [-0.1, -0.05) is 18.2 Å². The molecule has 0 saturated heterocycles. The van der Waals surface area contributed by atoms with Crippen LogP contribution in [0.4, 0.5) is 4.79 Å². The quantitative estimate of drug-likeness (QED) is 0.0464. The summed E-state index contributed by atoms with van der Waals surface area (Å²) in [5, 5.41) is 33.1. The lowest BCUT2D eigenvalue weighted by molar-refractivity contribution is -0.137. The van der Waals surface area contributed by atoms with Crippen molar-refractivity contribution in [3.8, 4) is 0 Å². The molecular weight excluding hydrogens is 512 g/mol. The van der Waals surface area contributed by atoms with Crippen LogP contribution in [0.2, 0.25) is 0 Å². The normalized spacial score (nSPS) is 11.8. The first-order valence-corrected chi connectivity index (χ1v) is 12.2. The number of hydrogen-bond acceptors (Lipinski definition) is 8. The molecule has 214 valence electrons. The number of nitrogens with two attached hydrogens (primary N) is 2. The van der Waals surface area contributed by atoms with Crippen molar-refractivity contribution in [2.24, 2.45) is 11.5 Å². The summed E-state index contributed by atoms with van der Waals surface area (Å²) in [4.78, 5) is 59.0. The second-order valence-electron chi connectivity index (χ2n) is 8.49. The van der Waals surface area contributed by atoms with E-state index in [1.54, 1.807) is 18.2 Å². The second kappa shape index (κ2) is 17.7. The molecule has 0 heterocycles. The lowest BCUT2D eigenvalue weighted by Crippen LogP contribution is -2.50. The Labute approximate surface area is 225 Å². The molecule has 0 radical (unpaired) electrons. The molecule has 0 aliphatic rings. The molecule has 39 heavy (non-hydrogen) atoms. The van der Waals surface area contributed by atoms with Crippen LogP contribution in [0, 0.1) is 10.8 Å². The molecule has 1 rings (SSSR count). The fourth-order valence-electron chi connectivity index (χ4n) is 3.32. The number of rotatable bonds is 18. The zero-order valence-corrected chi connectivity index (χ0v) is 21.5.